The molecule has 1 aromatic carbocycles. The maximum Gasteiger partial charge on any atom is 0.255 e. The molecule has 0 bridgehead atoms. The van der Waals surface area contributed by atoms with E-state index in [9.17, 15) is 13.2 Å². The van der Waals surface area contributed by atoms with Gasteiger partial charge in [0.15, 0.2) is 9.84 Å². The Morgan fingerprint density at radius 2 is 1.72 bits per heavy atom. The number of hydrazone groups is 1. The van der Waals surface area contributed by atoms with Crippen molar-refractivity contribution in [2.24, 2.45) is 5.10 Å². The molecule has 0 fully saturated rings. The molecule has 0 unspecified atom stereocenters. The number of benzene rings is 1. The van der Waals surface area contributed by atoms with Gasteiger partial charge >= 0.3 is 0 Å². The van der Waals surface area contributed by atoms with E-state index in [-0.39, 0.29) is 10.8 Å². The molecule has 0 spiro atoms. The normalized spacial score (nSPS) is 17.2. The maximum atomic E-state index is 11.6. The molecular formula is C12H13N2O3S. The number of nitrogens with zero attached hydrogens (tertiary/aromatic N) is 2. The number of hydrogen-bond donors (Lipinski definition) is 0. The smallest absolute Gasteiger partial charge is 0.255 e. The molecule has 1 aliphatic heterocycles. The standard InChI is InChI=1S/C12H13N2O3S/c1-8-11(13-14(2)12(8)15)9-4-6-10(7-5-9)18(3,16)17/h4-7H,1-3H3. The quantitative estimate of drug-likeness (QED) is 0.796. The second-order valence-corrected chi connectivity index (χ2v) is 6.21. The Morgan fingerprint density at radius 3 is 2.11 bits per heavy atom. The summed E-state index contributed by atoms with van der Waals surface area (Å²) in [5, 5.41) is 5.40. The SMILES string of the molecule is C[C]1C(=O)N(C)N=C1c1ccc(S(C)(=O)=O)cc1. The Morgan fingerprint density at radius 1 is 1.17 bits per heavy atom. The summed E-state index contributed by atoms with van der Waals surface area (Å²) in [7, 11) is -1.62. The summed E-state index contributed by atoms with van der Waals surface area (Å²) < 4.78 is 22.7. The highest BCUT2D eigenvalue weighted by molar-refractivity contribution is 7.90. The summed E-state index contributed by atoms with van der Waals surface area (Å²) in [6, 6.07) is 6.35. The number of carbonyl (C=O) groups is 1. The fraction of sp³-hybridized carbons (Fsp3) is 0.250. The average molecular weight is 265 g/mol. The van der Waals surface area contributed by atoms with Crippen molar-refractivity contribution in [3.8, 4) is 0 Å². The van der Waals surface area contributed by atoms with Crippen LogP contribution in [0.4, 0.5) is 0 Å². The van der Waals surface area contributed by atoms with Crippen LogP contribution in [-0.4, -0.2) is 38.3 Å². The van der Waals surface area contributed by atoms with Gasteiger partial charge in [0.2, 0.25) is 0 Å². The highest BCUT2D eigenvalue weighted by Crippen LogP contribution is 2.22. The number of hydrogen-bond acceptors (Lipinski definition) is 4. The topological polar surface area (TPSA) is 66.8 Å². The molecule has 5 nitrogen and oxygen atoms in total. The minimum Gasteiger partial charge on any atom is -0.272 e. The molecule has 0 N–H and O–H groups in total. The van der Waals surface area contributed by atoms with Crippen LogP contribution in [-0.2, 0) is 14.6 Å². The van der Waals surface area contributed by atoms with Crippen molar-refractivity contribution in [3.05, 3.63) is 35.7 Å². The lowest BCUT2D eigenvalue weighted by Gasteiger charge is -2.05. The van der Waals surface area contributed by atoms with Crippen molar-refractivity contribution in [1.29, 1.82) is 0 Å². The van der Waals surface area contributed by atoms with Gasteiger partial charge in [0.25, 0.3) is 5.91 Å². The first kappa shape index (κ1) is 12.8. The van der Waals surface area contributed by atoms with E-state index in [0.717, 1.165) is 11.8 Å². The number of sulfone groups is 1. The Kier molecular flexibility index (Phi) is 2.98. The molecule has 1 radical (unpaired) electrons. The number of carbonyl (C=O) groups excluding carboxylic acids is 1. The summed E-state index contributed by atoms with van der Waals surface area (Å²) >= 11 is 0. The highest BCUT2D eigenvalue weighted by Gasteiger charge is 2.31. The van der Waals surface area contributed by atoms with Crippen LogP contribution in [0.25, 0.3) is 0 Å². The first-order valence-corrected chi connectivity index (χ1v) is 7.21. The van der Waals surface area contributed by atoms with Gasteiger partial charge in [-0.25, -0.2) is 13.4 Å². The monoisotopic (exact) mass is 265 g/mol. The lowest BCUT2D eigenvalue weighted by atomic mass is 9.99. The largest absolute Gasteiger partial charge is 0.272 e. The minimum atomic E-state index is -3.20. The second kappa shape index (κ2) is 4.20. The molecule has 0 aromatic heterocycles. The Labute approximate surface area is 106 Å². The van der Waals surface area contributed by atoms with Gasteiger partial charge in [0, 0.05) is 13.3 Å². The molecule has 1 aromatic rings. The van der Waals surface area contributed by atoms with Gasteiger partial charge in [-0.05, 0) is 24.6 Å². The summed E-state index contributed by atoms with van der Waals surface area (Å²) in [5.74, 6) is 0.418. The maximum absolute atomic E-state index is 11.6. The summed E-state index contributed by atoms with van der Waals surface area (Å²) in [5.41, 5.74) is 1.32. The van der Waals surface area contributed by atoms with Crippen LogP contribution in [0.5, 0.6) is 0 Å². The Bertz CT molecular complexity index is 617. The molecule has 18 heavy (non-hydrogen) atoms. The molecule has 1 aliphatic rings. The van der Waals surface area contributed by atoms with Crippen molar-refractivity contribution >= 4 is 21.5 Å². The molecule has 1 amide bonds. The van der Waals surface area contributed by atoms with Crippen molar-refractivity contribution in [1.82, 2.24) is 5.01 Å². The van der Waals surface area contributed by atoms with Gasteiger partial charge in [-0.1, -0.05) is 12.1 Å². The summed E-state index contributed by atoms with van der Waals surface area (Å²) in [6.45, 7) is 1.70. The fourth-order valence-electron chi connectivity index (χ4n) is 1.75. The summed E-state index contributed by atoms with van der Waals surface area (Å²) in [6.07, 6.45) is 1.16. The van der Waals surface area contributed by atoms with Crippen LogP contribution in [0.1, 0.15) is 12.5 Å². The third-order valence-electron chi connectivity index (χ3n) is 2.78. The molecular weight excluding hydrogens is 252 g/mol. The third-order valence-corrected chi connectivity index (χ3v) is 3.90. The predicted octanol–water partition coefficient (Wildman–Crippen LogP) is 0.861. The van der Waals surface area contributed by atoms with Gasteiger partial charge in [0.05, 0.1) is 10.6 Å². The van der Waals surface area contributed by atoms with Crippen LogP contribution >= 0.6 is 0 Å². The first-order valence-electron chi connectivity index (χ1n) is 5.32. The molecule has 2 rings (SSSR count). The van der Waals surface area contributed by atoms with Crippen LogP contribution < -0.4 is 0 Å². The molecule has 0 saturated carbocycles. The molecule has 0 saturated heterocycles. The zero-order valence-corrected chi connectivity index (χ0v) is 11.2. The Hall–Kier alpha value is -1.69. The van der Waals surface area contributed by atoms with Gasteiger partial charge in [-0.3, -0.25) is 4.79 Å². The zero-order valence-electron chi connectivity index (χ0n) is 10.3. The van der Waals surface area contributed by atoms with Crippen molar-refractivity contribution < 1.29 is 13.2 Å². The van der Waals surface area contributed by atoms with E-state index in [2.05, 4.69) is 5.10 Å². The molecule has 6 heteroatoms. The lowest BCUT2D eigenvalue weighted by molar-refractivity contribution is -0.125. The van der Waals surface area contributed by atoms with Gasteiger partial charge < -0.3 is 0 Å². The lowest BCUT2D eigenvalue weighted by Crippen LogP contribution is -2.20. The predicted molar refractivity (Wildman–Crippen MR) is 67.8 cm³/mol. The third kappa shape index (κ3) is 2.15. The van der Waals surface area contributed by atoms with Gasteiger partial charge in [0.1, 0.15) is 5.92 Å². The van der Waals surface area contributed by atoms with E-state index in [1.165, 1.54) is 17.1 Å². The van der Waals surface area contributed by atoms with Crippen molar-refractivity contribution in [2.75, 3.05) is 13.3 Å². The fourth-order valence-corrected chi connectivity index (χ4v) is 2.38. The van der Waals surface area contributed by atoms with Crippen LogP contribution in [0.2, 0.25) is 0 Å². The second-order valence-electron chi connectivity index (χ2n) is 4.20. The van der Waals surface area contributed by atoms with Crippen LogP contribution in [0.15, 0.2) is 34.3 Å². The van der Waals surface area contributed by atoms with E-state index >= 15 is 0 Å². The molecule has 1 heterocycles. The summed E-state index contributed by atoms with van der Waals surface area (Å²) in [4.78, 5) is 11.8. The minimum absolute atomic E-state index is 0.141. The zero-order chi connectivity index (χ0) is 13.5. The van der Waals surface area contributed by atoms with E-state index in [4.69, 9.17) is 0 Å². The van der Waals surface area contributed by atoms with E-state index in [1.807, 2.05) is 0 Å². The van der Waals surface area contributed by atoms with Crippen LogP contribution in [0.3, 0.4) is 0 Å². The molecule has 95 valence electrons. The van der Waals surface area contributed by atoms with E-state index in [0.29, 0.717) is 11.6 Å². The molecule has 0 atom stereocenters. The van der Waals surface area contributed by atoms with E-state index in [1.54, 1.807) is 26.1 Å². The van der Waals surface area contributed by atoms with Gasteiger partial charge in [-0.15, -0.1) is 0 Å². The van der Waals surface area contributed by atoms with Crippen LogP contribution in [0, 0.1) is 5.92 Å². The highest BCUT2D eigenvalue weighted by atomic mass is 32.2. The van der Waals surface area contributed by atoms with Gasteiger partial charge in [-0.2, -0.15) is 5.10 Å². The van der Waals surface area contributed by atoms with Crippen molar-refractivity contribution in [2.45, 2.75) is 11.8 Å². The average Bonchev–Trinajstić information content (AvgIpc) is 2.56. The molecule has 0 aliphatic carbocycles. The first-order chi connectivity index (χ1) is 8.30. The number of rotatable bonds is 2. The van der Waals surface area contributed by atoms with E-state index < -0.39 is 9.84 Å². The van der Waals surface area contributed by atoms with Crippen molar-refractivity contribution in [3.63, 3.8) is 0 Å². The number of amides is 1. The Balaban J connectivity index is 2.37.